The largest absolute Gasteiger partial charge is 0.366 e. The second kappa shape index (κ2) is 15.4. The number of amides is 2. The summed E-state index contributed by atoms with van der Waals surface area (Å²) < 4.78 is 31.0. The van der Waals surface area contributed by atoms with Crippen LogP contribution in [0.25, 0.3) is 5.78 Å². The van der Waals surface area contributed by atoms with Gasteiger partial charge in [-0.05, 0) is 64.4 Å². The van der Waals surface area contributed by atoms with Crippen LogP contribution in [0.5, 0.6) is 0 Å². The highest BCUT2D eigenvalue weighted by molar-refractivity contribution is 5.92. The molecule has 3 aliphatic rings. The number of imidazole rings is 1. The van der Waals surface area contributed by atoms with E-state index in [1.807, 2.05) is 27.7 Å². The Bertz CT molecular complexity index is 1370. The van der Waals surface area contributed by atoms with Gasteiger partial charge in [0.25, 0.3) is 11.7 Å². The van der Waals surface area contributed by atoms with E-state index in [1.165, 1.54) is 12.8 Å². The van der Waals surface area contributed by atoms with Gasteiger partial charge in [-0.15, -0.1) is 0 Å². The Kier molecular flexibility index (Phi) is 11.6. The molecule has 2 saturated carbocycles. The summed E-state index contributed by atoms with van der Waals surface area (Å²) in [6.45, 7) is 9.24. The van der Waals surface area contributed by atoms with Crippen LogP contribution in [0.1, 0.15) is 119 Å². The molecule has 3 fully saturated rings. The Morgan fingerprint density at radius 3 is 2.45 bits per heavy atom. The van der Waals surface area contributed by atoms with E-state index in [2.05, 4.69) is 26.1 Å². The third kappa shape index (κ3) is 8.50. The number of carbonyl (C=O) groups is 2. The van der Waals surface area contributed by atoms with Crippen LogP contribution in [0, 0.1) is 12.8 Å². The maximum absolute atomic E-state index is 13.9. The summed E-state index contributed by atoms with van der Waals surface area (Å²) in [5.41, 5.74) is 1.77. The van der Waals surface area contributed by atoms with Crippen molar-refractivity contribution >= 4 is 23.4 Å². The molecule has 1 unspecified atom stereocenters. The number of nitrogens with zero attached hydrogens (tertiary/aromatic N) is 6. The Morgan fingerprint density at radius 2 is 1.84 bits per heavy atom. The number of hydrogen-bond acceptors (Lipinski definition) is 7. The number of fused-ring (bicyclic) bond motifs is 1. The minimum absolute atomic E-state index is 0.168. The van der Waals surface area contributed by atoms with Crippen LogP contribution in [0.3, 0.4) is 0 Å². The fourth-order valence-electron chi connectivity index (χ4n) is 6.02. The van der Waals surface area contributed by atoms with Crippen molar-refractivity contribution in [1.82, 2.24) is 40.0 Å². The highest BCUT2D eigenvalue weighted by atomic mass is 19.3. The van der Waals surface area contributed by atoms with Crippen molar-refractivity contribution < 1.29 is 18.4 Å². The number of aryl methyl sites for hydroxylation is 2. The zero-order chi connectivity index (χ0) is 31.7. The summed E-state index contributed by atoms with van der Waals surface area (Å²) in [6.07, 6.45) is 11.1. The Morgan fingerprint density at radius 1 is 1.11 bits per heavy atom. The number of aromatic nitrogens is 6. The number of halogens is 2. The van der Waals surface area contributed by atoms with Gasteiger partial charge in [0, 0.05) is 44.6 Å². The molecule has 0 radical (unpaired) electrons. The number of nitrogens with one attached hydrogen (secondary N) is 3. The SMILES string of the molecule is CC.CCn1nccc1C(=O)NC(c1cn2nc(C)c(NC3CCCC3)nc2n1)C1CCC(F)(F)CC1.O=C1CCCCN1. The molecule has 3 N–H and O–H groups in total. The van der Waals surface area contributed by atoms with Crippen LogP contribution in [-0.4, -0.2) is 59.7 Å². The van der Waals surface area contributed by atoms with Crippen molar-refractivity contribution in [2.75, 3.05) is 11.9 Å². The van der Waals surface area contributed by atoms with Crippen molar-refractivity contribution in [1.29, 1.82) is 0 Å². The lowest BCUT2D eigenvalue weighted by atomic mass is 9.81. The molecule has 242 valence electrons. The highest BCUT2D eigenvalue weighted by Gasteiger charge is 2.39. The molecule has 3 aromatic heterocycles. The van der Waals surface area contributed by atoms with E-state index < -0.39 is 12.0 Å². The zero-order valence-electron chi connectivity index (χ0n) is 26.4. The molecule has 3 aromatic rings. The zero-order valence-corrected chi connectivity index (χ0v) is 26.4. The summed E-state index contributed by atoms with van der Waals surface area (Å²) in [4.78, 5) is 32.9. The quantitative estimate of drug-likeness (QED) is 0.315. The van der Waals surface area contributed by atoms with Crippen LogP contribution in [0.15, 0.2) is 18.5 Å². The molecular formula is C31H47F2N9O2. The second-order valence-corrected chi connectivity index (χ2v) is 11.6. The average Bonchev–Trinajstić information content (AvgIpc) is 3.79. The van der Waals surface area contributed by atoms with E-state index >= 15 is 0 Å². The third-order valence-electron chi connectivity index (χ3n) is 8.44. The molecule has 1 atom stereocenters. The van der Waals surface area contributed by atoms with Gasteiger partial charge in [0.15, 0.2) is 5.82 Å². The first-order valence-corrected chi connectivity index (χ1v) is 16.2. The van der Waals surface area contributed by atoms with E-state index in [4.69, 9.17) is 9.97 Å². The van der Waals surface area contributed by atoms with Crippen molar-refractivity contribution in [3.05, 3.63) is 35.5 Å². The monoisotopic (exact) mass is 615 g/mol. The lowest BCUT2D eigenvalue weighted by Gasteiger charge is -2.33. The lowest BCUT2D eigenvalue weighted by Crippen LogP contribution is -2.38. The molecule has 13 heteroatoms. The smallest absolute Gasteiger partial charge is 0.270 e. The molecule has 0 spiro atoms. The van der Waals surface area contributed by atoms with Gasteiger partial charge in [-0.3, -0.25) is 14.3 Å². The number of piperidine rings is 1. The highest BCUT2D eigenvalue weighted by Crippen LogP contribution is 2.41. The molecule has 4 heterocycles. The Labute approximate surface area is 258 Å². The molecular weight excluding hydrogens is 568 g/mol. The number of rotatable bonds is 7. The first-order chi connectivity index (χ1) is 21.2. The maximum atomic E-state index is 13.9. The van der Waals surface area contributed by atoms with E-state index in [0.717, 1.165) is 44.3 Å². The standard InChI is InChI=1S/C24H32F2N8O.C5H9NO.C2H6/c1-3-33-19(10-13-27-33)22(35)30-20(16-8-11-24(25,26)12-9-16)18-14-34-23(29-18)31-21(15(2)32-34)28-17-6-4-5-7-17;7-5-3-1-2-4-6-5;1-2/h10,13-14,16-17,20H,3-9,11-12H2,1-2H3,(H,30,35)(H,28,29,31);1-4H2,(H,6,7);1-2H3. The predicted octanol–water partition coefficient (Wildman–Crippen LogP) is 5.61. The lowest BCUT2D eigenvalue weighted by molar-refractivity contribution is -0.122. The minimum atomic E-state index is -2.66. The summed E-state index contributed by atoms with van der Waals surface area (Å²) in [5, 5.41) is 18.1. The van der Waals surface area contributed by atoms with Gasteiger partial charge in [-0.1, -0.05) is 26.7 Å². The summed E-state index contributed by atoms with van der Waals surface area (Å²) in [5.74, 6) is -1.78. The average molecular weight is 616 g/mol. The van der Waals surface area contributed by atoms with Crippen molar-refractivity contribution in [3.8, 4) is 0 Å². The fourth-order valence-corrected chi connectivity index (χ4v) is 6.02. The molecule has 2 amide bonds. The minimum Gasteiger partial charge on any atom is -0.366 e. The van der Waals surface area contributed by atoms with Crippen molar-refractivity contribution in [3.63, 3.8) is 0 Å². The van der Waals surface area contributed by atoms with Gasteiger partial charge < -0.3 is 16.0 Å². The first-order valence-electron chi connectivity index (χ1n) is 16.2. The van der Waals surface area contributed by atoms with Crippen LogP contribution >= 0.6 is 0 Å². The first kappa shape index (κ1) is 33.3. The molecule has 0 bridgehead atoms. The van der Waals surface area contributed by atoms with Crippen LogP contribution in [0.2, 0.25) is 0 Å². The summed E-state index contributed by atoms with van der Waals surface area (Å²) in [7, 11) is 0. The van der Waals surface area contributed by atoms with E-state index in [9.17, 15) is 18.4 Å². The maximum Gasteiger partial charge on any atom is 0.270 e. The normalized spacial score (nSPS) is 19.3. The topological polar surface area (TPSA) is 131 Å². The number of anilines is 1. The molecule has 1 aliphatic heterocycles. The van der Waals surface area contributed by atoms with Gasteiger partial charge in [-0.2, -0.15) is 15.2 Å². The van der Waals surface area contributed by atoms with E-state index in [0.29, 0.717) is 48.4 Å². The number of carbonyl (C=O) groups excluding carboxylic acids is 2. The van der Waals surface area contributed by atoms with Gasteiger partial charge in [0.2, 0.25) is 11.8 Å². The fraction of sp³-hybridized carbons (Fsp3) is 0.677. The van der Waals surface area contributed by atoms with Crippen molar-refractivity contribution in [2.45, 2.75) is 123 Å². The van der Waals surface area contributed by atoms with Gasteiger partial charge in [0.05, 0.1) is 17.9 Å². The number of hydrogen-bond donors (Lipinski definition) is 3. The molecule has 11 nitrogen and oxygen atoms in total. The van der Waals surface area contributed by atoms with E-state index in [-0.39, 0.29) is 30.6 Å². The molecule has 44 heavy (non-hydrogen) atoms. The molecule has 2 aliphatic carbocycles. The van der Waals surface area contributed by atoms with E-state index in [1.54, 1.807) is 27.7 Å². The van der Waals surface area contributed by atoms with Crippen LogP contribution < -0.4 is 16.0 Å². The third-order valence-corrected chi connectivity index (χ3v) is 8.44. The molecule has 1 saturated heterocycles. The van der Waals surface area contributed by atoms with Gasteiger partial charge in [-0.25, -0.2) is 18.3 Å². The van der Waals surface area contributed by atoms with Crippen LogP contribution in [-0.2, 0) is 11.3 Å². The molecule has 6 rings (SSSR count). The van der Waals surface area contributed by atoms with Gasteiger partial charge in [0.1, 0.15) is 11.4 Å². The summed E-state index contributed by atoms with van der Waals surface area (Å²) in [6, 6.07) is 1.51. The van der Waals surface area contributed by atoms with Crippen molar-refractivity contribution in [2.24, 2.45) is 5.92 Å². The van der Waals surface area contributed by atoms with Gasteiger partial charge >= 0.3 is 0 Å². The van der Waals surface area contributed by atoms with Crippen LogP contribution in [0.4, 0.5) is 14.6 Å². The Balaban J connectivity index is 0.000000427. The number of alkyl halides is 2. The second-order valence-electron chi connectivity index (χ2n) is 11.6. The summed E-state index contributed by atoms with van der Waals surface area (Å²) >= 11 is 0. The Hall–Kier alpha value is -3.64. The molecule has 0 aromatic carbocycles. The predicted molar refractivity (Wildman–Crippen MR) is 165 cm³/mol.